The summed E-state index contributed by atoms with van der Waals surface area (Å²) in [5, 5.41) is 5.47. The number of benzene rings is 1. The molecule has 0 saturated carbocycles. The first-order chi connectivity index (χ1) is 11.0. The van der Waals surface area contributed by atoms with E-state index in [0.29, 0.717) is 15.1 Å². The fourth-order valence-electron chi connectivity index (χ4n) is 1.76. The molecule has 0 fully saturated rings. The van der Waals surface area contributed by atoms with Crippen LogP contribution in [0.5, 0.6) is 0 Å². The normalized spacial score (nSPS) is 11.6. The number of hydrogen-bond acceptors (Lipinski definition) is 6. The van der Waals surface area contributed by atoms with Crippen LogP contribution in [0.4, 0.5) is 5.82 Å². The number of rotatable bonds is 5. The highest BCUT2D eigenvalue weighted by molar-refractivity contribution is 9.10. The summed E-state index contributed by atoms with van der Waals surface area (Å²) in [7, 11) is -3.73. The molecule has 23 heavy (non-hydrogen) atoms. The lowest BCUT2D eigenvalue weighted by atomic mass is 10.4. The number of hydrogen-bond donors (Lipinski definition) is 1. The van der Waals surface area contributed by atoms with Crippen molar-refractivity contribution in [1.29, 1.82) is 0 Å². The molecule has 3 aromatic rings. The van der Waals surface area contributed by atoms with Crippen molar-refractivity contribution in [2.75, 3.05) is 4.72 Å². The highest BCUT2D eigenvalue weighted by Gasteiger charge is 2.24. The largest absolute Gasteiger partial charge is 0.347 e. The van der Waals surface area contributed by atoms with Crippen molar-refractivity contribution >= 4 is 54.9 Å². The van der Waals surface area contributed by atoms with E-state index >= 15 is 0 Å². The molecule has 0 spiro atoms. The molecule has 0 bridgehead atoms. The maximum absolute atomic E-state index is 12.6. The van der Waals surface area contributed by atoms with E-state index in [1.807, 2.05) is 30.3 Å². The fourth-order valence-corrected chi connectivity index (χ4v) is 5.77. The summed E-state index contributed by atoms with van der Waals surface area (Å²) in [6, 6.07) is 11.4. The quantitative estimate of drug-likeness (QED) is 0.631. The molecule has 5 nitrogen and oxygen atoms in total. The van der Waals surface area contributed by atoms with E-state index in [1.54, 1.807) is 18.4 Å². The van der Waals surface area contributed by atoms with Gasteiger partial charge in [0.1, 0.15) is 0 Å². The minimum Gasteiger partial charge on any atom is -0.347 e. The minimum absolute atomic E-state index is 0.181. The zero-order valence-electron chi connectivity index (χ0n) is 11.8. The van der Waals surface area contributed by atoms with Gasteiger partial charge >= 0.3 is 0 Å². The molecule has 0 saturated heterocycles. The van der Waals surface area contributed by atoms with E-state index < -0.39 is 10.0 Å². The first-order valence-corrected chi connectivity index (χ1v) is 10.4. The summed E-state index contributed by atoms with van der Waals surface area (Å²) >= 11 is 5.74. The number of aromatic nitrogens is 1. The van der Waals surface area contributed by atoms with Crippen LogP contribution in [0.2, 0.25) is 0 Å². The maximum Gasteiger partial charge on any atom is 0.273 e. The molecule has 0 atom stereocenters. The predicted octanol–water partition coefficient (Wildman–Crippen LogP) is 4.76. The predicted molar refractivity (Wildman–Crippen MR) is 94.6 cm³/mol. The van der Waals surface area contributed by atoms with E-state index in [1.165, 1.54) is 23.1 Å². The number of nitrogens with one attached hydrogen (secondary N) is 1. The molecule has 2 aromatic heterocycles. The van der Waals surface area contributed by atoms with Gasteiger partial charge in [0.05, 0.1) is 0 Å². The van der Waals surface area contributed by atoms with Gasteiger partial charge in [0, 0.05) is 15.4 Å². The van der Waals surface area contributed by atoms with Gasteiger partial charge in [-0.25, -0.2) is 8.42 Å². The van der Waals surface area contributed by atoms with Crippen LogP contribution in [0.25, 0.3) is 0 Å². The summed E-state index contributed by atoms with van der Waals surface area (Å²) in [6.07, 6.45) is 0. The Kier molecular flexibility index (Phi) is 4.81. The van der Waals surface area contributed by atoms with E-state index in [0.717, 1.165) is 4.90 Å². The van der Waals surface area contributed by atoms with Gasteiger partial charge in [-0.05, 0) is 46.4 Å². The lowest BCUT2D eigenvalue weighted by Gasteiger charge is -2.06. The topological polar surface area (TPSA) is 72.2 Å². The van der Waals surface area contributed by atoms with Crippen LogP contribution in [-0.4, -0.2) is 13.6 Å². The maximum atomic E-state index is 12.6. The molecule has 0 aliphatic rings. The van der Waals surface area contributed by atoms with Crippen LogP contribution in [0.15, 0.2) is 65.0 Å². The van der Waals surface area contributed by atoms with E-state index in [-0.39, 0.29) is 10.0 Å². The van der Waals surface area contributed by atoms with Gasteiger partial charge in [0.2, 0.25) is 4.67 Å². The smallest absolute Gasteiger partial charge is 0.273 e. The third-order valence-corrected chi connectivity index (χ3v) is 7.80. The molecule has 0 amide bonds. The second-order valence-corrected chi connectivity index (χ2v) is 9.15. The standard InChI is InChI=1S/C14H11BrN2O3S3/c1-9-12(15)20-16-13(9)17-23(18,19)14-11(7-8-21-14)22-10-5-3-2-4-6-10/h2-8H,1H3,(H,16,17). The molecule has 0 unspecified atom stereocenters. The van der Waals surface area contributed by atoms with Crippen molar-refractivity contribution in [2.45, 2.75) is 20.9 Å². The molecule has 0 radical (unpaired) electrons. The molecular weight excluding hydrogens is 420 g/mol. The number of nitrogens with zero attached hydrogens (tertiary/aromatic N) is 1. The van der Waals surface area contributed by atoms with Gasteiger partial charge in [-0.3, -0.25) is 4.72 Å². The minimum atomic E-state index is -3.73. The monoisotopic (exact) mass is 430 g/mol. The van der Waals surface area contributed by atoms with Crippen molar-refractivity contribution in [3.8, 4) is 0 Å². The Bertz CT molecular complexity index is 920. The Hall–Kier alpha value is -1.29. The Morgan fingerprint density at radius 3 is 2.65 bits per heavy atom. The number of halogens is 1. The Morgan fingerprint density at radius 2 is 2.00 bits per heavy atom. The summed E-state index contributed by atoms with van der Waals surface area (Å²) in [5.41, 5.74) is 0.599. The van der Waals surface area contributed by atoms with Crippen LogP contribution in [-0.2, 0) is 10.0 Å². The van der Waals surface area contributed by atoms with Gasteiger partial charge in [0.25, 0.3) is 10.0 Å². The van der Waals surface area contributed by atoms with E-state index in [4.69, 9.17) is 4.52 Å². The van der Waals surface area contributed by atoms with Gasteiger partial charge in [-0.2, -0.15) is 0 Å². The SMILES string of the molecule is Cc1c(NS(=O)(=O)c2sccc2Sc2ccccc2)noc1Br. The van der Waals surface area contributed by atoms with Gasteiger partial charge in [-0.1, -0.05) is 35.1 Å². The molecule has 0 aliphatic heterocycles. The Labute approximate surface area is 150 Å². The van der Waals surface area contributed by atoms with Gasteiger partial charge < -0.3 is 4.52 Å². The second kappa shape index (κ2) is 6.68. The van der Waals surface area contributed by atoms with Crippen molar-refractivity contribution in [2.24, 2.45) is 0 Å². The van der Waals surface area contributed by atoms with Crippen LogP contribution in [0, 0.1) is 6.92 Å². The summed E-state index contributed by atoms with van der Waals surface area (Å²) in [5.74, 6) is 0.181. The zero-order valence-corrected chi connectivity index (χ0v) is 15.9. The molecule has 120 valence electrons. The molecular formula is C14H11BrN2O3S3. The first kappa shape index (κ1) is 16.6. The van der Waals surface area contributed by atoms with Crippen LogP contribution in [0.1, 0.15) is 5.56 Å². The van der Waals surface area contributed by atoms with Gasteiger partial charge in [-0.15, -0.1) is 11.3 Å². The number of thiophene rings is 1. The highest BCUT2D eigenvalue weighted by Crippen LogP contribution is 2.37. The molecule has 1 aromatic carbocycles. The van der Waals surface area contributed by atoms with Gasteiger partial charge in [0.15, 0.2) is 10.0 Å². The average Bonchev–Trinajstić information content (AvgIpc) is 3.11. The number of sulfonamides is 1. The van der Waals surface area contributed by atoms with Crippen LogP contribution in [0.3, 0.4) is 0 Å². The molecule has 2 heterocycles. The Morgan fingerprint density at radius 1 is 1.26 bits per heavy atom. The molecule has 3 rings (SSSR count). The average molecular weight is 431 g/mol. The molecule has 0 aliphatic carbocycles. The van der Waals surface area contributed by atoms with Crippen molar-refractivity contribution in [3.63, 3.8) is 0 Å². The van der Waals surface area contributed by atoms with Crippen LogP contribution >= 0.6 is 39.0 Å². The van der Waals surface area contributed by atoms with Crippen molar-refractivity contribution < 1.29 is 12.9 Å². The third-order valence-electron chi connectivity index (χ3n) is 2.91. The van der Waals surface area contributed by atoms with E-state index in [9.17, 15) is 8.42 Å². The highest BCUT2D eigenvalue weighted by atomic mass is 79.9. The number of anilines is 1. The van der Waals surface area contributed by atoms with Crippen molar-refractivity contribution in [1.82, 2.24) is 5.16 Å². The van der Waals surface area contributed by atoms with E-state index in [2.05, 4.69) is 25.8 Å². The lowest BCUT2D eigenvalue weighted by Crippen LogP contribution is -2.13. The second-order valence-electron chi connectivity index (χ2n) is 4.52. The first-order valence-electron chi connectivity index (χ1n) is 6.42. The summed E-state index contributed by atoms with van der Waals surface area (Å²) < 4.78 is 33.3. The summed E-state index contributed by atoms with van der Waals surface area (Å²) in [6.45, 7) is 1.71. The lowest BCUT2D eigenvalue weighted by molar-refractivity contribution is 0.402. The molecule has 1 N–H and O–H groups in total. The third kappa shape index (κ3) is 3.63. The zero-order chi connectivity index (χ0) is 16.4. The fraction of sp³-hybridized carbons (Fsp3) is 0.0714. The van der Waals surface area contributed by atoms with Crippen molar-refractivity contribution in [3.05, 3.63) is 52.0 Å². The molecule has 9 heteroatoms. The van der Waals surface area contributed by atoms with Crippen LogP contribution < -0.4 is 4.72 Å². The Balaban J connectivity index is 1.89. The summed E-state index contributed by atoms with van der Waals surface area (Å²) in [4.78, 5) is 1.65.